The largest absolute Gasteiger partial charge is 0.397 e. The Hall–Kier alpha value is -1.71. The Kier molecular flexibility index (Phi) is 3.45. The zero-order valence-electron chi connectivity index (χ0n) is 11.3. The van der Waals surface area contributed by atoms with Gasteiger partial charge in [0.25, 0.3) is 0 Å². The van der Waals surface area contributed by atoms with Gasteiger partial charge in [-0.2, -0.15) is 0 Å². The number of carbonyl (C=O) groups is 1. The highest BCUT2D eigenvalue weighted by atomic mass is 16.2. The first-order valence-electron chi connectivity index (χ1n) is 6.35. The normalized spacial score (nSPS) is 19.1. The predicted octanol–water partition coefficient (Wildman–Crippen LogP) is 1.63. The highest BCUT2D eigenvalue weighted by Crippen LogP contribution is 2.33. The van der Waals surface area contributed by atoms with E-state index in [1.54, 1.807) is 19.0 Å². The van der Waals surface area contributed by atoms with Gasteiger partial charge in [0.2, 0.25) is 5.91 Å². The molecular weight excluding hydrogens is 226 g/mol. The minimum Gasteiger partial charge on any atom is -0.397 e. The number of benzene rings is 1. The van der Waals surface area contributed by atoms with Crippen molar-refractivity contribution >= 4 is 17.3 Å². The smallest absolute Gasteiger partial charge is 0.244 e. The minimum absolute atomic E-state index is 0.0663. The molecule has 0 saturated carbocycles. The van der Waals surface area contributed by atoms with Crippen LogP contribution in [0.5, 0.6) is 0 Å². The first kappa shape index (κ1) is 12.7. The van der Waals surface area contributed by atoms with Crippen LogP contribution in [0, 0.1) is 6.92 Å². The number of rotatable bonds is 2. The molecule has 1 aliphatic heterocycles. The summed E-state index contributed by atoms with van der Waals surface area (Å²) in [4.78, 5) is 16.0. The lowest BCUT2D eigenvalue weighted by Crippen LogP contribution is -2.43. The van der Waals surface area contributed by atoms with Crippen LogP contribution >= 0.6 is 0 Å². The molecule has 1 heterocycles. The molecule has 0 spiro atoms. The number of hydrogen-bond donors (Lipinski definition) is 1. The van der Waals surface area contributed by atoms with Crippen molar-refractivity contribution in [3.8, 4) is 0 Å². The maximum absolute atomic E-state index is 12.2. The number of carbonyl (C=O) groups excluding carboxylic acids is 1. The fourth-order valence-electron chi connectivity index (χ4n) is 2.66. The molecule has 0 radical (unpaired) electrons. The van der Waals surface area contributed by atoms with Crippen molar-refractivity contribution in [3.63, 3.8) is 0 Å². The molecule has 1 aromatic carbocycles. The molecule has 1 aromatic rings. The van der Waals surface area contributed by atoms with E-state index in [0.29, 0.717) is 0 Å². The lowest BCUT2D eigenvalue weighted by molar-refractivity contribution is -0.129. The Morgan fingerprint density at radius 2 is 2.17 bits per heavy atom. The van der Waals surface area contributed by atoms with E-state index in [4.69, 9.17) is 5.73 Å². The van der Waals surface area contributed by atoms with E-state index in [1.807, 2.05) is 25.1 Å². The van der Waals surface area contributed by atoms with Gasteiger partial charge in [-0.05, 0) is 31.4 Å². The van der Waals surface area contributed by atoms with Gasteiger partial charge < -0.3 is 15.5 Å². The van der Waals surface area contributed by atoms with Crippen molar-refractivity contribution in [2.45, 2.75) is 25.8 Å². The number of anilines is 2. The van der Waals surface area contributed by atoms with Gasteiger partial charge in [0, 0.05) is 20.6 Å². The molecule has 18 heavy (non-hydrogen) atoms. The Bertz CT molecular complexity index is 436. The van der Waals surface area contributed by atoms with Crippen LogP contribution in [0.15, 0.2) is 18.2 Å². The summed E-state index contributed by atoms with van der Waals surface area (Å²) in [6, 6.07) is 5.83. The lowest BCUT2D eigenvalue weighted by Gasteiger charge is -2.30. The van der Waals surface area contributed by atoms with Crippen LogP contribution in [0.2, 0.25) is 0 Å². The second kappa shape index (κ2) is 4.88. The van der Waals surface area contributed by atoms with E-state index in [0.717, 1.165) is 36.3 Å². The predicted molar refractivity (Wildman–Crippen MR) is 74.7 cm³/mol. The van der Waals surface area contributed by atoms with Gasteiger partial charge in [-0.3, -0.25) is 4.79 Å². The summed E-state index contributed by atoms with van der Waals surface area (Å²) in [6.07, 6.45) is 1.95. The average molecular weight is 247 g/mol. The van der Waals surface area contributed by atoms with Crippen molar-refractivity contribution in [1.29, 1.82) is 0 Å². The van der Waals surface area contributed by atoms with Gasteiger partial charge in [-0.25, -0.2) is 0 Å². The fourth-order valence-corrected chi connectivity index (χ4v) is 2.66. The zero-order chi connectivity index (χ0) is 13.3. The molecule has 4 heteroatoms. The van der Waals surface area contributed by atoms with Crippen molar-refractivity contribution in [2.24, 2.45) is 0 Å². The van der Waals surface area contributed by atoms with E-state index >= 15 is 0 Å². The van der Waals surface area contributed by atoms with Gasteiger partial charge in [-0.1, -0.05) is 12.1 Å². The van der Waals surface area contributed by atoms with Crippen molar-refractivity contribution < 1.29 is 4.79 Å². The number of likely N-dealkylation sites (N-methyl/N-ethyl adjacent to an activating group) is 1. The van der Waals surface area contributed by atoms with Crippen molar-refractivity contribution in [3.05, 3.63) is 23.8 Å². The standard InChI is InChI=1S/C14H21N3O/c1-10-6-4-7-11(15)13(10)17-9-5-8-12(17)14(18)16(2)3/h4,6-7,12H,5,8-9,15H2,1-3H3. The number of para-hydroxylation sites is 1. The van der Waals surface area contributed by atoms with E-state index in [9.17, 15) is 4.79 Å². The third-order valence-electron chi connectivity index (χ3n) is 3.53. The van der Waals surface area contributed by atoms with E-state index in [-0.39, 0.29) is 11.9 Å². The number of nitrogens with zero attached hydrogens (tertiary/aromatic N) is 2. The van der Waals surface area contributed by atoms with Gasteiger partial charge in [0.05, 0.1) is 11.4 Å². The summed E-state index contributed by atoms with van der Waals surface area (Å²) in [6.45, 7) is 2.94. The molecule has 0 aliphatic carbocycles. The highest BCUT2D eigenvalue weighted by molar-refractivity contribution is 5.87. The van der Waals surface area contributed by atoms with E-state index in [2.05, 4.69) is 4.90 Å². The maximum atomic E-state index is 12.2. The number of aryl methyl sites for hydroxylation is 1. The lowest BCUT2D eigenvalue weighted by atomic mass is 10.1. The van der Waals surface area contributed by atoms with Crippen molar-refractivity contribution in [1.82, 2.24) is 4.90 Å². The van der Waals surface area contributed by atoms with E-state index in [1.165, 1.54) is 0 Å². The molecule has 0 bridgehead atoms. The minimum atomic E-state index is -0.0663. The number of amides is 1. The molecule has 1 amide bonds. The summed E-state index contributed by atoms with van der Waals surface area (Å²) in [5.41, 5.74) is 8.99. The number of nitrogen functional groups attached to an aromatic ring is 1. The van der Waals surface area contributed by atoms with Crippen LogP contribution in [0.4, 0.5) is 11.4 Å². The molecule has 98 valence electrons. The first-order valence-corrected chi connectivity index (χ1v) is 6.35. The summed E-state index contributed by atoms with van der Waals surface area (Å²) in [7, 11) is 3.61. The third kappa shape index (κ3) is 2.15. The molecule has 1 atom stereocenters. The Morgan fingerprint density at radius 3 is 2.78 bits per heavy atom. The molecule has 0 aromatic heterocycles. The van der Waals surface area contributed by atoms with Gasteiger partial charge in [-0.15, -0.1) is 0 Å². The molecule has 1 unspecified atom stereocenters. The SMILES string of the molecule is Cc1cccc(N)c1N1CCCC1C(=O)N(C)C. The molecule has 4 nitrogen and oxygen atoms in total. The fraction of sp³-hybridized carbons (Fsp3) is 0.500. The highest BCUT2D eigenvalue weighted by Gasteiger charge is 2.33. The summed E-state index contributed by atoms with van der Waals surface area (Å²) >= 11 is 0. The molecule has 2 rings (SSSR count). The van der Waals surface area contributed by atoms with Crippen LogP contribution in [-0.4, -0.2) is 37.5 Å². The second-order valence-corrected chi connectivity index (χ2v) is 5.10. The average Bonchev–Trinajstić information content (AvgIpc) is 2.76. The molecule has 2 N–H and O–H groups in total. The topological polar surface area (TPSA) is 49.6 Å². The quantitative estimate of drug-likeness (QED) is 0.808. The molecule has 1 saturated heterocycles. The maximum Gasteiger partial charge on any atom is 0.244 e. The monoisotopic (exact) mass is 247 g/mol. The second-order valence-electron chi connectivity index (χ2n) is 5.10. The number of hydrogen-bond acceptors (Lipinski definition) is 3. The molecular formula is C14H21N3O. The van der Waals surface area contributed by atoms with Gasteiger partial charge in [0.15, 0.2) is 0 Å². The van der Waals surface area contributed by atoms with Crippen LogP contribution in [0.25, 0.3) is 0 Å². The first-order chi connectivity index (χ1) is 8.52. The van der Waals surface area contributed by atoms with Crippen molar-refractivity contribution in [2.75, 3.05) is 31.3 Å². The molecule has 1 fully saturated rings. The van der Waals surface area contributed by atoms with Gasteiger partial charge >= 0.3 is 0 Å². The van der Waals surface area contributed by atoms with Crippen LogP contribution in [0.1, 0.15) is 18.4 Å². The molecule has 1 aliphatic rings. The summed E-state index contributed by atoms with van der Waals surface area (Å²) in [5.74, 6) is 0.162. The van der Waals surface area contributed by atoms with Gasteiger partial charge in [0.1, 0.15) is 6.04 Å². The Balaban J connectivity index is 2.35. The van der Waals surface area contributed by atoms with Crippen LogP contribution in [-0.2, 0) is 4.79 Å². The zero-order valence-corrected chi connectivity index (χ0v) is 11.3. The van der Waals surface area contributed by atoms with E-state index < -0.39 is 0 Å². The summed E-state index contributed by atoms with van der Waals surface area (Å²) in [5, 5.41) is 0. The third-order valence-corrected chi connectivity index (χ3v) is 3.53. The van der Waals surface area contributed by atoms with Crippen LogP contribution in [0.3, 0.4) is 0 Å². The number of nitrogens with two attached hydrogens (primary N) is 1. The Morgan fingerprint density at radius 1 is 1.44 bits per heavy atom. The summed E-state index contributed by atoms with van der Waals surface area (Å²) < 4.78 is 0. The van der Waals surface area contributed by atoms with Crippen LogP contribution < -0.4 is 10.6 Å². The Labute approximate surface area is 108 Å².